The van der Waals surface area contributed by atoms with Crippen LogP contribution in [0.25, 0.3) is 0 Å². The van der Waals surface area contributed by atoms with Gasteiger partial charge in [-0.15, -0.1) is 0 Å². The van der Waals surface area contributed by atoms with Crippen LogP contribution in [0, 0.1) is 5.82 Å². The highest BCUT2D eigenvalue weighted by atomic mass is 19.1. The number of rotatable bonds is 2. The molecule has 1 amide bonds. The lowest BCUT2D eigenvalue weighted by Crippen LogP contribution is -2.39. The first kappa shape index (κ1) is 13.8. The number of ether oxygens (including phenoxy) is 1. The third-order valence-electron chi connectivity index (χ3n) is 3.66. The number of methoxy groups -OCH3 is 1. The number of benzene rings is 1. The summed E-state index contributed by atoms with van der Waals surface area (Å²) >= 11 is 0. The molecular formula is C14H19FN2O2. The van der Waals surface area contributed by atoms with E-state index >= 15 is 0 Å². The molecule has 0 spiro atoms. The minimum Gasteiger partial charge on any atom is -0.494 e. The van der Waals surface area contributed by atoms with Crippen molar-refractivity contribution in [1.82, 2.24) is 4.90 Å². The molecule has 104 valence electrons. The van der Waals surface area contributed by atoms with Crippen LogP contribution in [0.4, 0.5) is 4.39 Å². The summed E-state index contributed by atoms with van der Waals surface area (Å²) in [5.41, 5.74) is 6.85. The molecule has 2 rings (SSSR count). The molecule has 1 aliphatic heterocycles. The Bertz CT molecular complexity index is 479. The first-order valence-corrected chi connectivity index (χ1v) is 6.39. The summed E-state index contributed by atoms with van der Waals surface area (Å²) in [6.45, 7) is 0. The number of likely N-dealkylation sites (N-methyl/N-ethyl adjacent to an activating group) is 1. The van der Waals surface area contributed by atoms with Crippen LogP contribution in [0.5, 0.6) is 5.75 Å². The zero-order chi connectivity index (χ0) is 14.0. The zero-order valence-corrected chi connectivity index (χ0v) is 11.2. The fraction of sp³-hybridized carbons (Fsp3) is 0.500. The van der Waals surface area contributed by atoms with Crippen molar-refractivity contribution in [2.75, 3.05) is 14.2 Å². The van der Waals surface area contributed by atoms with Gasteiger partial charge in [0.25, 0.3) is 0 Å². The molecule has 0 aliphatic carbocycles. The smallest absolute Gasteiger partial charge is 0.222 e. The lowest BCUT2D eigenvalue weighted by atomic mass is 9.96. The van der Waals surface area contributed by atoms with E-state index < -0.39 is 5.82 Å². The summed E-state index contributed by atoms with van der Waals surface area (Å²) in [4.78, 5) is 13.5. The van der Waals surface area contributed by atoms with Gasteiger partial charge in [-0.05, 0) is 30.5 Å². The van der Waals surface area contributed by atoms with Gasteiger partial charge < -0.3 is 15.4 Å². The van der Waals surface area contributed by atoms with Gasteiger partial charge in [0.15, 0.2) is 11.6 Å². The molecule has 1 aromatic carbocycles. The van der Waals surface area contributed by atoms with Crippen LogP contribution in [0.15, 0.2) is 18.2 Å². The molecule has 2 N–H and O–H groups in total. The van der Waals surface area contributed by atoms with Crippen molar-refractivity contribution in [1.29, 1.82) is 0 Å². The Kier molecular flexibility index (Phi) is 4.04. The minimum absolute atomic E-state index is 0.0502. The lowest BCUT2D eigenvalue weighted by molar-refractivity contribution is -0.131. The molecule has 1 fully saturated rings. The second-order valence-corrected chi connectivity index (χ2v) is 4.90. The zero-order valence-electron chi connectivity index (χ0n) is 11.2. The Labute approximate surface area is 112 Å². The van der Waals surface area contributed by atoms with Crippen LogP contribution in [-0.2, 0) is 4.79 Å². The molecule has 1 saturated heterocycles. The Morgan fingerprint density at radius 3 is 2.84 bits per heavy atom. The number of carbonyl (C=O) groups is 1. The van der Waals surface area contributed by atoms with Crippen molar-refractivity contribution in [3.05, 3.63) is 29.6 Å². The maximum absolute atomic E-state index is 13.8. The highest BCUT2D eigenvalue weighted by Gasteiger charge is 2.30. The van der Waals surface area contributed by atoms with Gasteiger partial charge in [-0.1, -0.05) is 6.07 Å². The van der Waals surface area contributed by atoms with Gasteiger partial charge in [0.1, 0.15) is 0 Å². The van der Waals surface area contributed by atoms with E-state index in [0.717, 1.165) is 12.8 Å². The molecule has 0 bridgehead atoms. The molecule has 1 heterocycles. The van der Waals surface area contributed by atoms with Gasteiger partial charge in [0, 0.05) is 19.5 Å². The normalized spacial score (nSPS) is 24.2. The van der Waals surface area contributed by atoms with E-state index in [4.69, 9.17) is 10.5 Å². The Balaban J connectivity index is 2.36. The maximum atomic E-state index is 13.8. The van der Waals surface area contributed by atoms with E-state index in [2.05, 4.69) is 0 Å². The number of nitrogens with two attached hydrogens (primary N) is 1. The first-order valence-electron chi connectivity index (χ1n) is 6.39. The molecule has 0 saturated carbocycles. The Morgan fingerprint density at radius 2 is 2.21 bits per heavy atom. The summed E-state index contributed by atoms with van der Waals surface area (Å²) in [5.74, 6) is -0.189. The third kappa shape index (κ3) is 2.71. The van der Waals surface area contributed by atoms with Gasteiger partial charge in [0.05, 0.1) is 13.2 Å². The highest BCUT2D eigenvalue weighted by molar-refractivity contribution is 5.76. The van der Waals surface area contributed by atoms with Crippen molar-refractivity contribution < 1.29 is 13.9 Å². The molecule has 4 nitrogen and oxygen atoms in total. The van der Waals surface area contributed by atoms with E-state index in [9.17, 15) is 9.18 Å². The summed E-state index contributed by atoms with van der Waals surface area (Å²) in [6.07, 6.45) is 2.03. The average molecular weight is 266 g/mol. The Morgan fingerprint density at radius 1 is 1.47 bits per heavy atom. The van der Waals surface area contributed by atoms with E-state index in [1.54, 1.807) is 24.1 Å². The maximum Gasteiger partial charge on any atom is 0.222 e. The van der Waals surface area contributed by atoms with Gasteiger partial charge >= 0.3 is 0 Å². The summed E-state index contributed by atoms with van der Waals surface area (Å²) in [7, 11) is 3.14. The number of hydrogen-bond acceptors (Lipinski definition) is 3. The SMILES string of the molecule is COc1ccc(C2C(N)CCCC(=O)N2C)cc1F. The third-order valence-corrected chi connectivity index (χ3v) is 3.66. The van der Waals surface area contributed by atoms with E-state index in [-0.39, 0.29) is 23.7 Å². The fourth-order valence-corrected chi connectivity index (χ4v) is 2.60. The van der Waals surface area contributed by atoms with E-state index in [1.165, 1.54) is 13.2 Å². The molecule has 2 atom stereocenters. The van der Waals surface area contributed by atoms with Gasteiger partial charge in [-0.2, -0.15) is 0 Å². The van der Waals surface area contributed by atoms with Gasteiger partial charge in [-0.3, -0.25) is 4.79 Å². The first-order chi connectivity index (χ1) is 9.04. The second-order valence-electron chi connectivity index (χ2n) is 4.90. The largest absolute Gasteiger partial charge is 0.494 e. The van der Waals surface area contributed by atoms with Crippen molar-refractivity contribution in [2.24, 2.45) is 5.73 Å². The highest BCUT2D eigenvalue weighted by Crippen LogP contribution is 2.31. The van der Waals surface area contributed by atoms with Gasteiger partial charge in [-0.25, -0.2) is 4.39 Å². The molecule has 19 heavy (non-hydrogen) atoms. The van der Waals surface area contributed by atoms with Crippen molar-refractivity contribution >= 4 is 5.91 Å². The summed E-state index contributed by atoms with van der Waals surface area (Å²) in [6, 6.07) is 4.28. The molecular weight excluding hydrogens is 247 g/mol. The van der Waals surface area contributed by atoms with E-state index in [0.29, 0.717) is 12.0 Å². The number of likely N-dealkylation sites (tertiary alicyclic amines) is 1. The van der Waals surface area contributed by atoms with Crippen molar-refractivity contribution in [3.63, 3.8) is 0 Å². The van der Waals surface area contributed by atoms with Crippen LogP contribution >= 0.6 is 0 Å². The predicted octanol–water partition coefficient (Wildman–Crippen LogP) is 1.84. The van der Waals surface area contributed by atoms with Crippen LogP contribution in [0.1, 0.15) is 30.9 Å². The van der Waals surface area contributed by atoms with Crippen molar-refractivity contribution in [3.8, 4) is 5.75 Å². The quantitative estimate of drug-likeness (QED) is 0.888. The minimum atomic E-state index is -0.433. The molecule has 2 unspecified atom stereocenters. The topological polar surface area (TPSA) is 55.6 Å². The number of nitrogens with zero attached hydrogens (tertiary/aromatic N) is 1. The predicted molar refractivity (Wildman–Crippen MR) is 70.3 cm³/mol. The molecule has 1 aliphatic rings. The van der Waals surface area contributed by atoms with Crippen LogP contribution in [-0.4, -0.2) is 31.0 Å². The molecule has 1 aromatic rings. The van der Waals surface area contributed by atoms with Crippen LogP contribution < -0.4 is 10.5 Å². The fourth-order valence-electron chi connectivity index (χ4n) is 2.60. The van der Waals surface area contributed by atoms with E-state index in [1.807, 2.05) is 0 Å². The molecule has 5 heteroatoms. The monoisotopic (exact) mass is 266 g/mol. The molecule has 0 radical (unpaired) electrons. The van der Waals surface area contributed by atoms with Gasteiger partial charge in [0.2, 0.25) is 5.91 Å². The second kappa shape index (κ2) is 5.57. The van der Waals surface area contributed by atoms with Crippen LogP contribution in [0.3, 0.4) is 0 Å². The van der Waals surface area contributed by atoms with Crippen LogP contribution in [0.2, 0.25) is 0 Å². The number of amides is 1. The Hall–Kier alpha value is -1.62. The molecule has 0 aromatic heterocycles. The summed E-state index contributed by atoms with van der Waals surface area (Å²) < 4.78 is 18.7. The average Bonchev–Trinajstić information content (AvgIpc) is 2.50. The van der Waals surface area contributed by atoms with Crippen molar-refractivity contribution in [2.45, 2.75) is 31.3 Å². The number of hydrogen-bond donors (Lipinski definition) is 1. The standard InChI is InChI=1S/C14H19FN2O2/c1-17-13(18)5-3-4-11(16)14(17)9-6-7-12(19-2)10(15)8-9/h6-8,11,14H,3-5,16H2,1-2H3. The number of halogens is 1. The number of carbonyl (C=O) groups excluding carboxylic acids is 1. The lowest BCUT2D eigenvalue weighted by Gasteiger charge is -2.30. The summed E-state index contributed by atoms with van der Waals surface area (Å²) in [5, 5.41) is 0.